The van der Waals surface area contributed by atoms with Gasteiger partial charge in [-0.25, -0.2) is 0 Å². The van der Waals surface area contributed by atoms with Gasteiger partial charge in [-0.1, -0.05) is 31.5 Å². The van der Waals surface area contributed by atoms with Crippen LogP contribution in [0.1, 0.15) is 18.9 Å². The predicted molar refractivity (Wildman–Crippen MR) is 73.6 cm³/mol. The molecule has 3 rings (SSSR count). The molecule has 1 atom stereocenters. The lowest BCUT2D eigenvalue weighted by Gasteiger charge is -2.47. The SMILES string of the molecule is CCC(CN)C1(c2c[nH]c3ccccc23)COC1. The molecule has 96 valence electrons. The fourth-order valence-corrected chi connectivity index (χ4v) is 3.20. The van der Waals surface area contributed by atoms with Gasteiger partial charge >= 0.3 is 0 Å². The molecule has 18 heavy (non-hydrogen) atoms. The first-order valence-corrected chi connectivity index (χ1v) is 6.66. The number of para-hydroxylation sites is 1. The maximum Gasteiger partial charge on any atom is 0.0589 e. The average molecular weight is 244 g/mol. The molecule has 1 aliphatic heterocycles. The zero-order valence-corrected chi connectivity index (χ0v) is 10.8. The first-order valence-electron chi connectivity index (χ1n) is 6.66. The summed E-state index contributed by atoms with van der Waals surface area (Å²) in [6, 6.07) is 8.46. The van der Waals surface area contributed by atoms with Crippen LogP contribution in [0.25, 0.3) is 10.9 Å². The molecule has 0 spiro atoms. The Hall–Kier alpha value is -1.32. The van der Waals surface area contributed by atoms with Gasteiger partial charge in [0.2, 0.25) is 0 Å². The second-order valence-electron chi connectivity index (χ2n) is 5.24. The number of fused-ring (bicyclic) bond motifs is 1. The Kier molecular flexibility index (Phi) is 2.88. The molecular formula is C15H20N2O. The number of hydrogen-bond acceptors (Lipinski definition) is 2. The van der Waals surface area contributed by atoms with Crippen molar-refractivity contribution in [3.8, 4) is 0 Å². The first kappa shape index (κ1) is 11.8. The topological polar surface area (TPSA) is 51.0 Å². The van der Waals surface area contributed by atoms with Crippen molar-refractivity contribution in [1.29, 1.82) is 0 Å². The molecule has 2 aromatic rings. The third-order valence-electron chi connectivity index (χ3n) is 4.40. The summed E-state index contributed by atoms with van der Waals surface area (Å²) in [6.45, 7) is 4.53. The van der Waals surface area contributed by atoms with Gasteiger partial charge in [0.1, 0.15) is 0 Å². The molecule has 3 nitrogen and oxygen atoms in total. The Morgan fingerprint density at radius 3 is 2.78 bits per heavy atom. The van der Waals surface area contributed by atoms with Crippen LogP contribution in [0.2, 0.25) is 0 Å². The van der Waals surface area contributed by atoms with E-state index in [0.717, 1.165) is 26.2 Å². The second-order valence-corrected chi connectivity index (χ2v) is 5.24. The Morgan fingerprint density at radius 1 is 1.39 bits per heavy atom. The largest absolute Gasteiger partial charge is 0.379 e. The molecule has 2 heterocycles. The van der Waals surface area contributed by atoms with E-state index in [1.807, 2.05) is 0 Å². The maximum absolute atomic E-state index is 5.96. The molecule has 1 aromatic carbocycles. The Labute approximate surface area is 107 Å². The summed E-state index contributed by atoms with van der Waals surface area (Å²) in [6.07, 6.45) is 3.24. The molecule has 1 aliphatic rings. The van der Waals surface area contributed by atoms with Crippen molar-refractivity contribution in [1.82, 2.24) is 4.98 Å². The van der Waals surface area contributed by atoms with Gasteiger partial charge in [-0.15, -0.1) is 0 Å². The van der Waals surface area contributed by atoms with E-state index in [9.17, 15) is 0 Å². The number of nitrogens with two attached hydrogens (primary N) is 1. The third kappa shape index (κ3) is 1.51. The van der Waals surface area contributed by atoms with Crippen molar-refractivity contribution in [2.45, 2.75) is 18.8 Å². The van der Waals surface area contributed by atoms with Crippen LogP contribution >= 0.6 is 0 Å². The summed E-state index contributed by atoms with van der Waals surface area (Å²) in [5.74, 6) is 0.491. The maximum atomic E-state index is 5.96. The van der Waals surface area contributed by atoms with Gasteiger partial charge in [-0.05, 0) is 24.1 Å². The smallest absolute Gasteiger partial charge is 0.0589 e. The van der Waals surface area contributed by atoms with Gasteiger partial charge in [-0.2, -0.15) is 0 Å². The lowest BCUT2D eigenvalue weighted by Crippen LogP contribution is -2.54. The molecule has 0 saturated carbocycles. The van der Waals surface area contributed by atoms with Crippen LogP contribution in [0.4, 0.5) is 0 Å². The number of H-pyrrole nitrogens is 1. The Bertz CT molecular complexity index is 538. The number of ether oxygens (including phenoxy) is 1. The predicted octanol–water partition coefficient (Wildman–Crippen LogP) is 2.42. The second kappa shape index (κ2) is 4.41. The fourth-order valence-electron chi connectivity index (χ4n) is 3.20. The van der Waals surface area contributed by atoms with Gasteiger partial charge in [0.15, 0.2) is 0 Å². The highest BCUT2D eigenvalue weighted by molar-refractivity contribution is 5.84. The molecule has 0 aliphatic carbocycles. The lowest BCUT2D eigenvalue weighted by molar-refractivity contribution is -0.0890. The van der Waals surface area contributed by atoms with Gasteiger partial charge in [-0.3, -0.25) is 0 Å². The lowest BCUT2D eigenvalue weighted by atomic mass is 9.67. The summed E-state index contributed by atoms with van der Waals surface area (Å²) in [5.41, 5.74) is 8.65. The number of rotatable bonds is 4. The van der Waals surface area contributed by atoms with Crippen molar-refractivity contribution in [2.75, 3.05) is 19.8 Å². The van der Waals surface area contributed by atoms with Crippen LogP contribution in [-0.4, -0.2) is 24.7 Å². The van der Waals surface area contributed by atoms with E-state index >= 15 is 0 Å². The van der Waals surface area contributed by atoms with Crippen LogP contribution < -0.4 is 5.73 Å². The van der Waals surface area contributed by atoms with Gasteiger partial charge < -0.3 is 15.5 Å². The highest BCUT2D eigenvalue weighted by atomic mass is 16.5. The standard InChI is InChI=1S/C15H20N2O/c1-2-11(7-16)15(9-18-10-15)13-8-17-14-6-4-3-5-12(13)14/h3-6,8,11,17H,2,7,9-10,16H2,1H3. The molecule has 3 heteroatoms. The molecule has 1 fully saturated rings. The van der Waals surface area contributed by atoms with E-state index in [1.54, 1.807) is 0 Å². The van der Waals surface area contributed by atoms with Crippen LogP contribution in [0.15, 0.2) is 30.5 Å². The zero-order chi connectivity index (χ0) is 12.6. The highest BCUT2D eigenvalue weighted by Crippen LogP contribution is 2.43. The quantitative estimate of drug-likeness (QED) is 0.867. The van der Waals surface area contributed by atoms with E-state index < -0.39 is 0 Å². The summed E-state index contributed by atoms with van der Waals surface area (Å²) in [5, 5.41) is 1.31. The minimum atomic E-state index is 0.114. The first-order chi connectivity index (χ1) is 8.81. The van der Waals surface area contributed by atoms with Crippen molar-refractivity contribution < 1.29 is 4.74 Å². The molecule has 0 radical (unpaired) electrons. The molecule has 0 amide bonds. The van der Waals surface area contributed by atoms with Gasteiger partial charge in [0, 0.05) is 22.5 Å². The van der Waals surface area contributed by atoms with Crippen molar-refractivity contribution in [2.24, 2.45) is 11.7 Å². The van der Waals surface area contributed by atoms with E-state index in [2.05, 4.69) is 42.4 Å². The van der Waals surface area contributed by atoms with Crippen molar-refractivity contribution >= 4 is 10.9 Å². The summed E-state index contributed by atoms with van der Waals surface area (Å²) in [4.78, 5) is 3.37. The van der Waals surface area contributed by atoms with Crippen molar-refractivity contribution in [3.05, 3.63) is 36.0 Å². The van der Waals surface area contributed by atoms with E-state index in [-0.39, 0.29) is 5.41 Å². The van der Waals surface area contributed by atoms with Crippen LogP contribution in [0.5, 0.6) is 0 Å². The number of aromatic nitrogens is 1. The number of benzene rings is 1. The molecule has 3 N–H and O–H groups in total. The minimum absolute atomic E-state index is 0.114. The summed E-state index contributed by atoms with van der Waals surface area (Å²) >= 11 is 0. The van der Waals surface area contributed by atoms with Crippen LogP contribution in [-0.2, 0) is 10.2 Å². The monoisotopic (exact) mass is 244 g/mol. The number of hydrogen-bond donors (Lipinski definition) is 2. The van der Waals surface area contributed by atoms with Crippen molar-refractivity contribution in [3.63, 3.8) is 0 Å². The van der Waals surface area contributed by atoms with Gasteiger partial charge in [0.25, 0.3) is 0 Å². The van der Waals surface area contributed by atoms with Gasteiger partial charge in [0.05, 0.1) is 13.2 Å². The molecule has 1 saturated heterocycles. The average Bonchev–Trinajstić information content (AvgIpc) is 2.78. The normalized spacial score (nSPS) is 19.7. The highest BCUT2D eigenvalue weighted by Gasteiger charge is 2.46. The van der Waals surface area contributed by atoms with Crippen LogP contribution in [0.3, 0.4) is 0 Å². The fraction of sp³-hybridized carbons (Fsp3) is 0.467. The van der Waals surface area contributed by atoms with Crippen LogP contribution in [0, 0.1) is 5.92 Å². The molecular weight excluding hydrogens is 224 g/mol. The Morgan fingerprint density at radius 2 is 2.17 bits per heavy atom. The minimum Gasteiger partial charge on any atom is -0.379 e. The summed E-state index contributed by atoms with van der Waals surface area (Å²) < 4.78 is 5.53. The third-order valence-corrected chi connectivity index (χ3v) is 4.40. The Balaban J connectivity index is 2.11. The molecule has 1 aromatic heterocycles. The molecule has 0 bridgehead atoms. The number of nitrogens with one attached hydrogen (secondary N) is 1. The molecule has 1 unspecified atom stereocenters. The van der Waals surface area contributed by atoms with E-state index in [4.69, 9.17) is 10.5 Å². The summed E-state index contributed by atoms with van der Waals surface area (Å²) in [7, 11) is 0. The number of aromatic amines is 1. The van der Waals surface area contributed by atoms with E-state index in [1.165, 1.54) is 16.5 Å². The van der Waals surface area contributed by atoms with E-state index in [0.29, 0.717) is 5.92 Å². The zero-order valence-electron chi connectivity index (χ0n) is 10.8.